The monoisotopic (exact) mass is 505 g/mol. The Morgan fingerprint density at radius 1 is 0.730 bits per heavy atom. The Balaban J connectivity index is 1.23. The van der Waals surface area contributed by atoms with Gasteiger partial charge in [0.05, 0.1) is 17.3 Å². The van der Waals surface area contributed by atoms with Gasteiger partial charge < -0.3 is 14.1 Å². The third-order valence-electron chi connectivity index (χ3n) is 6.69. The third-order valence-corrected chi connectivity index (χ3v) is 7.76. The molecule has 0 unspecified atom stereocenters. The van der Waals surface area contributed by atoms with Crippen molar-refractivity contribution in [3.05, 3.63) is 84.9 Å². The first-order valence-electron chi connectivity index (χ1n) is 12.5. The van der Waals surface area contributed by atoms with Crippen LogP contribution in [0.4, 0.5) is 5.69 Å². The maximum atomic E-state index is 5.97. The summed E-state index contributed by atoms with van der Waals surface area (Å²) < 4.78 is 12.5. The van der Waals surface area contributed by atoms with Crippen LogP contribution in [0.25, 0.3) is 54.5 Å². The Kier molecular flexibility index (Phi) is 6.10. The molecule has 0 atom stereocenters. The van der Waals surface area contributed by atoms with E-state index in [1.807, 2.05) is 30.3 Å². The molecule has 4 aromatic carbocycles. The Morgan fingerprint density at radius 2 is 1.38 bits per heavy atom. The van der Waals surface area contributed by atoms with Crippen molar-refractivity contribution < 1.29 is 9.15 Å². The highest BCUT2D eigenvalue weighted by Gasteiger charge is 2.11. The molecule has 0 spiro atoms. The summed E-state index contributed by atoms with van der Waals surface area (Å²) in [4.78, 5) is 11.9. The molecular formula is C31H27N3O2S. The molecule has 0 fully saturated rings. The number of benzene rings is 4. The van der Waals surface area contributed by atoms with Crippen LogP contribution in [-0.4, -0.2) is 30.2 Å². The fourth-order valence-electron chi connectivity index (χ4n) is 4.59. The highest BCUT2D eigenvalue weighted by Crippen LogP contribution is 2.34. The summed E-state index contributed by atoms with van der Waals surface area (Å²) in [5.74, 6) is 1.36. The van der Waals surface area contributed by atoms with Crippen molar-refractivity contribution in [2.24, 2.45) is 0 Å². The zero-order valence-electron chi connectivity index (χ0n) is 21.1. The highest BCUT2D eigenvalue weighted by molar-refractivity contribution is 7.21. The molecule has 0 bridgehead atoms. The summed E-state index contributed by atoms with van der Waals surface area (Å²) in [7, 11) is 1.64. The molecule has 5 nitrogen and oxygen atoms in total. The molecule has 0 saturated carbocycles. The van der Waals surface area contributed by atoms with Crippen LogP contribution < -0.4 is 9.64 Å². The zero-order chi connectivity index (χ0) is 25.4. The summed E-state index contributed by atoms with van der Waals surface area (Å²) in [6.45, 7) is 6.38. The van der Waals surface area contributed by atoms with Crippen molar-refractivity contribution in [2.75, 3.05) is 25.1 Å². The van der Waals surface area contributed by atoms with Crippen molar-refractivity contribution in [1.82, 2.24) is 9.97 Å². The highest BCUT2D eigenvalue weighted by atomic mass is 32.1. The number of hydrogen-bond donors (Lipinski definition) is 0. The van der Waals surface area contributed by atoms with Crippen LogP contribution in [0.2, 0.25) is 0 Å². The molecule has 0 N–H and O–H groups in total. The number of fused-ring (bicyclic) bond motifs is 2. The van der Waals surface area contributed by atoms with E-state index < -0.39 is 0 Å². The van der Waals surface area contributed by atoms with Crippen LogP contribution in [-0.2, 0) is 0 Å². The van der Waals surface area contributed by atoms with Crippen molar-refractivity contribution in [2.45, 2.75) is 13.8 Å². The zero-order valence-corrected chi connectivity index (χ0v) is 21.9. The smallest absolute Gasteiger partial charge is 0.227 e. The Morgan fingerprint density at radius 3 is 2.05 bits per heavy atom. The topological polar surface area (TPSA) is 51.4 Å². The first kappa shape index (κ1) is 23.3. The van der Waals surface area contributed by atoms with Gasteiger partial charge in [0.1, 0.15) is 16.3 Å². The van der Waals surface area contributed by atoms with Crippen LogP contribution in [0.1, 0.15) is 13.8 Å². The molecule has 37 heavy (non-hydrogen) atoms. The van der Waals surface area contributed by atoms with Gasteiger partial charge >= 0.3 is 0 Å². The lowest BCUT2D eigenvalue weighted by atomic mass is 10.0. The van der Waals surface area contributed by atoms with Crippen molar-refractivity contribution in [3.8, 4) is 38.9 Å². The summed E-state index contributed by atoms with van der Waals surface area (Å²) in [5.41, 5.74) is 8.20. The van der Waals surface area contributed by atoms with Crippen molar-refractivity contribution >= 4 is 38.3 Å². The van der Waals surface area contributed by atoms with Crippen molar-refractivity contribution in [3.63, 3.8) is 0 Å². The van der Waals surface area contributed by atoms with Gasteiger partial charge in [-0.05, 0) is 67.4 Å². The average molecular weight is 506 g/mol. The molecule has 0 amide bonds. The number of nitrogens with zero attached hydrogens (tertiary/aromatic N) is 3. The van der Waals surface area contributed by atoms with Gasteiger partial charge in [-0.1, -0.05) is 36.4 Å². The summed E-state index contributed by atoms with van der Waals surface area (Å²) in [6.07, 6.45) is 0. The van der Waals surface area contributed by atoms with Gasteiger partial charge in [0.25, 0.3) is 0 Å². The van der Waals surface area contributed by atoms with E-state index in [9.17, 15) is 0 Å². The lowest BCUT2D eigenvalue weighted by Crippen LogP contribution is -2.21. The number of rotatable bonds is 7. The Bertz CT molecular complexity index is 1680. The standard InChI is InChI=1S/C31H27N3O2S/c1-4-34(5-2)24-14-16-27-29(18-24)37-31(33-27)23-12-8-21(9-13-23)20-6-10-22(11-7-20)30-32-26-17-15-25(35-3)19-28(26)36-30/h6-19H,4-5H2,1-3H3. The molecular weight excluding hydrogens is 478 g/mol. The average Bonchev–Trinajstić information content (AvgIpc) is 3.57. The molecule has 6 heteroatoms. The normalized spacial score (nSPS) is 11.3. The van der Waals surface area contributed by atoms with E-state index in [0.29, 0.717) is 11.5 Å². The minimum absolute atomic E-state index is 0.602. The summed E-state index contributed by atoms with van der Waals surface area (Å²) >= 11 is 1.75. The first-order valence-corrected chi connectivity index (χ1v) is 13.3. The van der Waals surface area contributed by atoms with Gasteiger partial charge in [0.2, 0.25) is 5.89 Å². The van der Waals surface area contributed by atoms with Gasteiger partial charge in [-0.15, -0.1) is 11.3 Å². The summed E-state index contributed by atoms with van der Waals surface area (Å²) in [6, 6.07) is 29.1. The quantitative estimate of drug-likeness (QED) is 0.218. The van der Waals surface area contributed by atoms with Crippen LogP contribution in [0, 0.1) is 0 Å². The van der Waals surface area contributed by atoms with Gasteiger partial charge in [0, 0.05) is 36.0 Å². The predicted molar refractivity (Wildman–Crippen MR) is 154 cm³/mol. The van der Waals surface area contributed by atoms with E-state index in [-0.39, 0.29) is 0 Å². The fraction of sp³-hybridized carbons (Fsp3) is 0.161. The van der Waals surface area contributed by atoms with Gasteiger partial charge in [0.15, 0.2) is 5.58 Å². The van der Waals surface area contributed by atoms with E-state index in [4.69, 9.17) is 14.1 Å². The summed E-state index contributed by atoms with van der Waals surface area (Å²) in [5, 5.41) is 1.04. The SMILES string of the molecule is CCN(CC)c1ccc2nc(-c3ccc(-c4ccc(-c5nc6ccc(OC)cc6o5)cc4)cc3)sc2c1. The number of methoxy groups -OCH3 is 1. The van der Waals surface area contributed by atoms with E-state index in [1.54, 1.807) is 18.4 Å². The Hall–Kier alpha value is -4.16. The number of hydrogen-bond acceptors (Lipinski definition) is 6. The maximum Gasteiger partial charge on any atom is 0.227 e. The van der Waals surface area contributed by atoms with Gasteiger partial charge in [-0.2, -0.15) is 0 Å². The number of thiazole rings is 1. The van der Waals surface area contributed by atoms with Crippen LogP contribution in [0.3, 0.4) is 0 Å². The molecule has 6 rings (SSSR count). The molecule has 2 aromatic heterocycles. The number of anilines is 1. The van der Waals surface area contributed by atoms with Crippen LogP contribution in [0.15, 0.2) is 89.3 Å². The second-order valence-electron chi connectivity index (χ2n) is 8.85. The molecule has 0 saturated heterocycles. The molecule has 0 radical (unpaired) electrons. The lowest BCUT2D eigenvalue weighted by molar-refractivity contribution is 0.414. The van der Waals surface area contributed by atoms with Gasteiger partial charge in [-0.3, -0.25) is 0 Å². The molecule has 0 aliphatic heterocycles. The lowest BCUT2D eigenvalue weighted by Gasteiger charge is -2.20. The number of oxazole rings is 1. The minimum atomic E-state index is 0.602. The Labute approximate surface area is 220 Å². The van der Waals surface area contributed by atoms with E-state index in [2.05, 4.69) is 78.3 Å². The van der Waals surface area contributed by atoms with E-state index >= 15 is 0 Å². The van der Waals surface area contributed by atoms with Gasteiger partial charge in [-0.25, -0.2) is 9.97 Å². The number of aromatic nitrogens is 2. The van der Waals surface area contributed by atoms with E-state index in [0.717, 1.165) is 57.1 Å². The second-order valence-corrected chi connectivity index (χ2v) is 9.88. The third kappa shape index (κ3) is 4.45. The largest absolute Gasteiger partial charge is 0.497 e. The first-order chi connectivity index (χ1) is 18.1. The molecule has 184 valence electrons. The maximum absolute atomic E-state index is 5.97. The fourth-order valence-corrected chi connectivity index (χ4v) is 5.59. The minimum Gasteiger partial charge on any atom is -0.497 e. The second kappa shape index (κ2) is 9.71. The molecule has 0 aliphatic carbocycles. The van der Waals surface area contributed by atoms with Crippen LogP contribution >= 0.6 is 11.3 Å². The number of ether oxygens (including phenoxy) is 1. The van der Waals surface area contributed by atoms with Crippen LogP contribution in [0.5, 0.6) is 5.75 Å². The predicted octanol–water partition coefficient (Wildman–Crippen LogP) is 8.29. The molecule has 0 aliphatic rings. The molecule has 6 aromatic rings. The van der Waals surface area contributed by atoms with E-state index in [1.165, 1.54) is 10.4 Å². The van der Waals surface area contributed by atoms with Crippen molar-refractivity contribution in [1.29, 1.82) is 0 Å². The molecule has 2 heterocycles.